The fourth-order valence-corrected chi connectivity index (χ4v) is 2.99. The summed E-state index contributed by atoms with van der Waals surface area (Å²) < 4.78 is 6.76. The second kappa shape index (κ2) is 6.64. The van der Waals surface area contributed by atoms with Gasteiger partial charge in [-0.15, -0.1) is 0 Å². The first-order chi connectivity index (χ1) is 12.2. The molecule has 4 aromatic rings. The van der Waals surface area contributed by atoms with Crippen LogP contribution in [0.2, 0.25) is 0 Å². The number of aromatic nitrogens is 2. The van der Waals surface area contributed by atoms with Crippen LogP contribution in [0.1, 0.15) is 10.4 Å². The van der Waals surface area contributed by atoms with E-state index in [4.69, 9.17) is 4.42 Å². The summed E-state index contributed by atoms with van der Waals surface area (Å²) in [7, 11) is 0. The van der Waals surface area contributed by atoms with Gasteiger partial charge in [-0.3, -0.25) is 9.78 Å². The first-order valence-electron chi connectivity index (χ1n) is 7.57. The maximum atomic E-state index is 12.4. The summed E-state index contributed by atoms with van der Waals surface area (Å²) in [6.07, 6.45) is 3.40. The number of pyridine rings is 1. The molecule has 122 valence electrons. The number of amides is 1. The van der Waals surface area contributed by atoms with Crippen LogP contribution in [0.15, 0.2) is 71.4 Å². The summed E-state index contributed by atoms with van der Waals surface area (Å²) in [6, 6.07) is 16.5. The van der Waals surface area contributed by atoms with E-state index in [-0.39, 0.29) is 5.91 Å². The van der Waals surface area contributed by atoms with Crippen LogP contribution < -0.4 is 5.32 Å². The highest BCUT2D eigenvalue weighted by atomic mass is 127. The molecule has 0 spiro atoms. The molecule has 0 aliphatic rings. The Hall–Kier alpha value is -2.74. The molecule has 6 heteroatoms. The third kappa shape index (κ3) is 3.39. The average Bonchev–Trinajstić information content (AvgIpc) is 3.06. The lowest BCUT2D eigenvalue weighted by molar-refractivity contribution is 0.102. The van der Waals surface area contributed by atoms with Gasteiger partial charge in [-0.05, 0) is 71.1 Å². The Balaban J connectivity index is 1.62. The van der Waals surface area contributed by atoms with Gasteiger partial charge in [0, 0.05) is 27.2 Å². The van der Waals surface area contributed by atoms with E-state index in [0.717, 1.165) is 9.13 Å². The van der Waals surface area contributed by atoms with E-state index in [1.165, 1.54) is 0 Å². The number of carbonyl (C=O) groups excluding carboxylic acids is 1. The van der Waals surface area contributed by atoms with E-state index >= 15 is 0 Å². The van der Waals surface area contributed by atoms with Crippen molar-refractivity contribution in [2.24, 2.45) is 0 Å². The minimum absolute atomic E-state index is 0.158. The Morgan fingerprint density at radius 3 is 2.80 bits per heavy atom. The van der Waals surface area contributed by atoms with Gasteiger partial charge in [0.2, 0.25) is 5.89 Å². The van der Waals surface area contributed by atoms with Crippen molar-refractivity contribution >= 4 is 45.3 Å². The van der Waals surface area contributed by atoms with Crippen molar-refractivity contribution < 1.29 is 9.21 Å². The topological polar surface area (TPSA) is 68.0 Å². The number of oxazole rings is 1. The summed E-state index contributed by atoms with van der Waals surface area (Å²) in [6.45, 7) is 0. The monoisotopic (exact) mass is 441 g/mol. The Labute approximate surface area is 157 Å². The molecule has 0 aliphatic heterocycles. The lowest BCUT2D eigenvalue weighted by Crippen LogP contribution is -2.11. The van der Waals surface area contributed by atoms with Crippen molar-refractivity contribution in [2.75, 3.05) is 5.32 Å². The average molecular weight is 441 g/mol. The van der Waals surface area contributed by atoms with Crippen LogP contribution in [0.4, 0.5) is 5.69 Å². The smallest absolute Gasteiger partial charge is 0.255 e. The summed E-state index contributed by atoms with van der Waals surface area (Å²) in [5.74, 6) is 0.345. The Bertz CT molecular complexity index is 1060. The Kier molecular flexibility index (Phi) is 4.19. The largest absolute Gasteiger partial charge is 0.436 e. The number of hydrogen-bond acceptors (Lipinski definition) is 4. The molecule has 2 aromatic carbocycles. The summed E-state index contributed by atoms with van der Waals surface area (Å²) in [5, 5.41) is 2.89. The molecule has 1 N–H and O–H groups in total. The van der Waals surface area contributed by atoms with Gasteiger partial charge in [-0.1, -0.05) is 6.07 Å². The molecule has 0 unspecified atom stereocenters. The zero-order chi connectivity index (χ0) is 17.2. The predicted octanol–water partition coefficient (Wildman–Crippen LogP) is 4.75. The second-order valence-corrected chi connectivity index (χ2v) is 6.65. The van der Waals surface area contributed by atoms with Gasteiger partial charge in [0.1, 0.15) is 5.52 Å². The Morgan fingerprint density at radius 1 is 1.08 bits per heavy atom. The zero-order valence-corrected chi connectivity index (χ0v) is 15.1. The van der Waals surface area contributed by atoms with Crippen molar-refractivity contribution in [2.45, 2.75) is 0 Å². The molecular weight excluding hydrogens is 429 g/mol. The molecule has 0 bridgehead atoms. The third-order valence-electron chi connectivity index (χ3n) is 3.64. The molecule has 25 heavy (non-hydrogen) atoms. The third-order valence-corrected chi connectivity index (χ3v) is 4.31. The lowest BCUT2D eigenvalue weighted by atomic mass is 10.2. The number of anilines is 1. The number of hydrogen-bond donors (Lipinski definition) is 1. The standard InChI is InChI=1S/C19H12IN3O2/c20-14-5-1-3-12(9-14)18(24)22-15-6-7-17-16(10-15)23-19(25-17)13-4-2-8-21-11-13/h1-11H,(H,22,24). The summed E-state index contributed by atoms with van der Waals surface area (Å²) in [4.78, 5) is 20.9. The van der Waals surface area contributed by atoms with E-state index in [9.17, 15) is 4.79 Å². The number of benzene rings is 2. The summed E-state index contributed by atoms with van der Waals surface area (Å²) >= 11 is 2.18. The van der Waals surface area contributed by atoms with Gasteiger partial charge in [0.15, 0.2) is 5.58 Å². The van der Waals surface area contributed by atoms with Gasteiger partial charge < -0.3 is 9.73 Å². The zero-order valence-electron chi connectivity index (χ0n) is 12.9. The highest BCUT2D eigenvalue weighted by molar-refractivity contribution is 14.1. The van der Waals surface area contributed by atoms with Gasteiger partial charge in [0.05, 0.1) is 5.56 Å². The van der Waals surface area contributed by atoms with Crippen molar-refractivity contribution in [1.29, 1.82) is 0 Å². The van der Waals surface area contributed by atoms with Crippen molar-refractivity contribution in [3.8, 4) is 11.5 Å². The molecule has 0 radical (unpaired) electrons. The highest BCUT2D eigenvalue weighted by Gasteiger charge is 2.11. The molecule has 4 rings (SSSR count). The van der Waals surface area contributed by atoms with E-state index in [2.05, 4.69) is 37.9 Å². The van der Waals surface area contributed by atoms with Gasteiger partial charge >= 0.3 is 0 Å². The molecule has 5 nitrogen and oxygen atoms in total. The van der Waals surface area contributed by atoms with Crippen molar-refractivity contribution in [3.63, 3.8) is 0 Å². The van der Waals surface area contributed by atoms with Crippen molar-refractivity contribution in [1.82, 2.24) is 9.97 Å². The molecule has 0 saturated heterocycles. The van der Waals surface area contributed by atoms with E-state index in [1.807, 2.05) is 30.3 Å². The first-order valence-corrected chi connectivity index (χ1v) is 8.65. The Morgan fingerprint density at radius 2 is 2.00 bits per heavy atom. The highest BCUT2D eigenvalue weighted by Crippen LogP contribution is 2.26. The molecular formula is C19H12IN3O2. The van der Waals surface area contributed by atoms with E-state index in [0.29, 0.717) is 28.2 Å². The SMILES string of the molecule is O=C(Nc1ccc2oc(-c3cccnc3)nc2c1)c1cccc(I)c1. The van der Waals surface area contributed by atoms with E-state index in [1.54, 1.807) is 36.7 Å². The number of rotatable bonds is 3. The summed E-state index contributed by atoms with van der Waals surface area (Å²) in [5.41, 5.74) is 3.43. The minimum atomic E-state index is -0.158. The quantitative estimate of drug-likeness (QED) is 0.466. The number of carbonyl (C=O) groups is 1. The first kappa shape index (κ1) is 15.8. The van der Waals surface area contributed by atoms with Crippen LogP contribution in [0.5, 0.6) is 0 Å². The number of nitrogens with zero attached hydrogens (tertiary/aromatic N) is 2. The van der Waals surface area contributed by atoms with E-state index < -0.39 is 0 Å². The van der Waals surface area contributed by atoms with Crippen LogP contribution >= 0.6 is 22.6 Å². The van der Waals surface area contributed by atoms with Gasteiger partial charge in [-0.25, -0.2) is 4.98 Å². The van der Waals surface area contributed by atoms with Crippen LogP contribution in [0, 0.1) is 3.57 Å². The fraction of sp³-hybridized carbons (Fsp3) is 0. The normalized spacial score (nSPS) is 10.8. The van der Waals surface area contributed by atoms with Crippen LogP contribution in [-0.4, -0.2) is 15.9 Å². The van der Waals surface area contributed by atoms with Crippen LogP contribution in [-0.2, 0) is 0 Å². The molecule has 0 saturated carbocycles. The van der Waals surface area contributed by atoms with Gasteiger partial charge in [-0.2, -0.15) is 0 Å². The molecule has 2 heterocycles. The maximum absolute atomic E-state index is 12.4. The number of halogens is 1. The minimum Gasteiger partial charge on any atom is -0.436 e. The van der Waals surface area contributed by atoms with Gasteiger partial charge in [0.25, 0.3) is 5.91 Å². The second-order valence-electron chi connectivity index (χ2n) is 5.41. The molecule has 2 aromatic heterocycles. The maximum Gasteiger partial charge on any atom is 0.255 e. The molecule has 0 atom stereocenters. The van der Waals surface area contributed by atoms with Crippen LogP contribution in [0.3, 0.4) is 0 Å². The van der Waals surface area contributed by atoms with Crippen molar-refractivity contribution in [3.05, 3.63) is 76.1 Å². The lowest BCUT2D eigenvalue weighted by Gasteiger charge is -2.05. The predicted molar refractivity (Wildman–Crippen MR) is 104 cm³/mol. The fourth-order valence-electron chi connectivity index (χ4n) is 2.45. The molecule has 1 amide bonds. The molecule has 0 fully saturated rings. The molecule has 0 aliphatic carbocycles. The number of fused-ring (bicyclic) bond motifs is 1. The number of nitrogens with one attached hydrogen (secondary N) is 1. The van der Waals surface area contributed by atoms with Crippen LogP contribution in [0.25, 0.3) is 22.6 Å².